The maximum atomic E-state index is 13.6. The molecule has 2 N–H and O–H groups in total. The van der Waals surface area contributed by atoms with Crippen LogP contribution in [0.4, 0.5) is 0 Å². The number of hydrogen-bond donors (Lipinski definition) is 1. The molecule has 0 amide bonds. The quantitative estimate of drug-likeness (QED) is 0.662. The van der Waals surface area contributed by atoms with Gasteiger partial charge in [-0.2, -0.15) is 0 Å². The van der Waals surface area contributed by atoms with Gasteiger partial charge in [0.25, 0.3) is 0 Å². The van der Waals surface area contributed by atoms with Crippen LogP contribution in [0.2, 0.25) is 0 Å². The second-order valence-electron chi connectivity index (χ2n) is 7.15. The van der Waals surface area contributed by atoms with E-state index in [1.165, 1.54) is 25.2 Å². The Balaban J connectivity index is 2.28. The van der Waals surface area contributed by atoms with Crippen molar-refractivity contribution in [1.82, 2.24) is 4.90 Å². The number of methoxy groups -OCH3 is 2. The summed E-state index contributed by atoms with van der Waals surface area (Å²) in [4.78, 5) is 15.0. The van der Waals surface area contributed by atoms with Gasteiger partial charge in [0.2, 0.25) is 0 Å². The van der Waals surface area contributed by atoms with Crippen molar-refractivity contribution in [3.05, 3.63) is 23.3 Å². The SMILES string of the molecule is [2H]C1(OC(=O)[C@@]([2H])(N)C([2H])(C([2H])([2H])[2H])C([2H])([2H])[2H])CC2([2H])c3cc(OC)c(OC)cc3CCN2CC1C([2H])([2H])C([2H])(C)C([2H])([2H])[2H]. The molecule has 3 rings (SSSR count). The summed E-state index contributed by atoms with van der Waals surface area (Å²) < 4.78 is 148. The summed E-state index contributed by atoms with van der Waals surface area (Å²) >= 11 is 0. The van der Waals surface area contributed by atoms with E-state index in [1.807, 2.05) is 0 Å². The number of hydrogen-bond acceptors (Lipinski definition) is 6. The van der Waals surface area contributed by atoms with Crippen LogP contribution in [0.5, 0.6) is 11.5 Å². The number of ether oxygens (including phenoxy) is 3. The molecule has 2 aliphatic heterocycles. The molecule has 0 spiro atoms. The van der Waals surface area contributed by atoms with Crippen molar-refractivity contribution in [2.24, 2.45) is 23.4 Å². The molecule has 6 heteroatoms. The maximum absolute atomic E-state index is 13.6. The Bertz CT molecular complexity index is 1330. The van der Waals surface area contributed by atoms with Gasteiger partial charge in [-0.15, -0.1) is 0 Å². The van der Waals surface area contributed by atoms with Crippen molar-refractivity contribution in [3.63, 3.8) is 0 Å². The zero-order valence-corrected chi connectivity index (χ0v) is 17.2. The lowest BCUT2D eigenvalue weighted by Crippen LogP contribution is -2.51. The molecule has 0 aromatic heterocycles. The van der Waals surface area contributed by atoms with Crippen LogP contribution in [-0.4, -0.2) is 50.3 Å². The first-order valence-corrected chi connectivity index (χ1v) is 9.43. The first-order chi connectivity index (χ1) is 20.4. The van der Waals surface area contributed by atoms with E-state index in [9.17, 15) is 7.54 Å². The van der Waals surface area contributed by atoms with Crippen molar-refractivity contribution in [2.45, 2.75) is 64.8 Å². The normalized spacial score (nSPS) is 42.7. The Morgan fingerprint density at radius 2 is 2.10 bits per heavy atom. The number of carbonyl (C=O) groups excluding carboxylic acids is 1. The van der Waals surface area contributed by atoms with Gasteiger partial charge in [-0.25, -0.2) is 0 Å². The fourth-order valence-corrected chi connectivity index (χ4v) is 3.75. The van der Waals surface area contributed by atoms with Crippen molar-refractivity contribution < 1.29 is 40.9 Å². The molecule has 0 saturated carbocycles. The first-order valence-electron chi connectivity index (χ1n) is 17.4. The number of esters is 1. The summed E-state index contributed by atoms with van der Waals surface area (Å²) in [6.45, 7) is -10.9. The fraction of sp³-hybridized carbons (Fsp3) is 0.708. The molecule has 2 aliphatic rings. The van der Waals surface area contributed by atoms with Gasteiger partial charge >= 0.3 is 5.97 Å². The highest BCUT2D eigenvalue weighted by Crippen LogP contribution is 2.44. The summed E-state index contributed by atoms with van der Waals surface area (Å²) in [6.07, 6.45) is -6.95. The molecule has 2 heterocycles. The maximum Gasteiger partial charge on any atom is 0.323 e. The van der Waals surface area contributed by atoms with Crippen LogP contribution in [0, 0.1) is 17.7 Å². The smallest absolute Gasteiger partial charge is 0.323 e. The molecule has 168 valence electrons. The predicted molar refractivity (Wildman–Crippen MR) is 118 cm³/mol. The average molecular weight is 435 g/mol. The lowest BCUT2D eigenvalue weighted by Gasteiger charge is -2.47. The summed E-state index contributed by atoms with van der Waals surface area (Å²) in [5.41, 5.74) is 6.47. The van der Waals surface area contributed by atoms with Crippen LogP contribution in [0.3, 0.4) is 0 Å². The van der Waals surface area contributed by atoms with Crippen molar-refractivity contribution in [1.29, 1.82) is 0 Å². The molecular formula is C24H38N2O4. The molecule has 1 aromatic carbocycles. The molecule has 1 fully saturated rings. The molecular weight excluding hydrogens is 380 g/mol. The summed E-state index contributed by atoms with van der Waals surface area (Å²) in [6, 6.07) is -2.91. The number of rotatable bonds is 7. The van der Waals surface area contributed by atoms with Crippen molar-refractivity contribution >= 4 is 5.97 Å². The highest BCUT2D eigenvalue weighted by atomic mass is 16.5. The zero-order valence-electron chi connectivity index (χ0n) is 33.2. The average Bonchev–Trinajstić information content (AvgIpc) is 2.88. The van der Waals surface area contributed by atoms with E-state index >= 15 is 0 Å². The highest BCUT2D eigenvalue weighted by Gasteiger charge is 2.41. The van der Waals surface area contributed by atoms with E-state index in [2.05, 4.69) is 0 Å². The van der Waals surface area contributed by atoms with E-state index in [0.29, 0.717) is 11.3 Å². The standard InChI is InChI=1S/C24H38N2O4/c1-14(2)9-17-13-26-8-7-16-10-21(28-5)22(29-6)11-18(16)19(26)12-20(17)30-24(27)23(25)15(3)4/h10-11,14-15,17,19-20,23H,7-9,12-13,25H2,1-6H3/t17?,19?,20?,23-/m0/s1/i1D3,3D3,4D3,9D2,14D,15D,19D,20D,23D/t14?,17?,19?,20?,23-. The second kappa shape index (κ2) is 9.56. The Morgan fingerprint density at radius 1 is 1.37 bits per heavy atom. The van der Waals surface area contributed by atoms with Crippen LogP contribution in [0.15, 0.2) is 12.1 Å². The third kappa shape index (κ3) is 4.75. The van der Waals surface area contributed by atoms with Gasteiger partial charge in [-0.05, 0) is 47.8 Å². The minimum absolute atomic E-state index is 0.0677. The van der Waals surface area contributed by atoms with Crippen molar-refractivity contribution in [3.8, 4) is 11.5 Å². The van der Waals surface area contributed by atoms with E-state index in [-0.39, 0.29) is 24.3 Å². The topological polar surface area (TPSA) is 74.0 Å². The minimum atomic E-state index is -4.02. The number of nitrogens with two attached hydrogens (primary N) is 1. The zero-order chi connectivity index (χ0) is 35.9. The van der Waals surface area contributed by atoms with Crippen LogP contribution >= 0.6 is 0 Å². The monoisotopic (exact) mass is 434 g/mol. The van der Waals surface area contributed by atoms with E-state index in [0.717, 1.165) is 6.92 Å². The molecule has 5 atom stereocenters. The van der Waals surface area contributed by atoms with Crippen molar-refractivity contribution in [2.75, 3.05) is 27.3 Å². The third-order valence-electron chi connectivity index (χ3n) is 5.19. The molecule has 1 saturated heterocycles. The number of piperidine rings is 1. The summed E-state index contributed by atoms with van der Waals surface area (Å²) in [5.74, 6) is -10.7. The first kappa shape index (κ1) is 9.78. The molecule has 0 radical (unpaired) electrons. The van der Waals surface area contributed by atoms with Crippen LogP contribution < -0.4 is 15.2 Å². The molecule has 0 aliphatic carbocycles. The van der Waals surface area contributed by atoms with E-state index in [4.69, 9.17) is 39.1 Å². The van der Waals surface area contributed by atoms with Crippen LogP contribution in [0.25, 0.3) is 0 Å². The molecule has 30 heavy (non-hydrogen) atoms. The Labute approximate surface area is 203 Å². The molecule has 4 unspecified atom stereocenters. The van der Waals surface area contributed by atoms with Crippen LogP contribution in [-0.2, 0) is 16.0 Å². The van der Waals surface area contributed by atoms with Gasteiger partial charge < -0.3 is 19.9 Å². The number of nitrogens with zero attached hydrogens (tertiary/aromatic N) is 1. The van der Waals surface area contributed by atoms with E-state index < -0.39 is 81.7 Å². The van der Waals surface area contributed by atoms with Gasteiger partial charge in [0.1, 0.15) is 12.1 Å². The third-order valence-corrected chi connectivity index (χ3v) is 5.19. The highest BCUT2D eigenvalue weighted by molar-refractivity contribution is 5.76. The lowest BCUT2D eigenvalue weighted by atomic mass is 9.79. The minimum Gasteiger partial charge on any atom is -0.493 e. The molecule has 0 bridgehead atoms. The lowest BCUT2D eigenvalue weighted by molar-refractivity contribution is -0.160. The second-order valence-corrected chi connectivity index (χ2v) is 7.15. The van der Waals surface area contributed by atoms with Gasteiger partial charge in [-0.3, -0.25) is 9.69 Å². The van der Waals surface area contributed by atoms with E-state index in [1.54, 1.807) is 6.07 Å². The number of fused-ring (bicyclic) bond motifs is 3. The number of benzene rings is 1. The van der Waals surface area contributed by atoms with Crippen LogP contribution in [0.1, 0.15) is 79.4 Å². The predicted octanol–water partition coefficient (Wildman–Crippen LogP) is 3.56. The molecule has 6 nitrogen and oxygen atoms in total. The fourth-order valence-electron chi connectivity index (χ4n) is 3.75. The van der Waals surface area contributed by atoms with Gasteiger partial charge in [-0.1, -0.05) is 27.5 Å². The Hall–Kier alpha value is -1.79. The Morgan fingerprint density at radius 3 is 2.77 bits per heavy atom. The largest absolute Gasteiger partial charge is 0.493 e. The summed E-state index contributed by atoms with van der Waals surface area (Å²) in [7, 11) is 2.73. The summed E-state index contributed by atoms with van der Waals surface area (Å²) in [5, 5.41) is 0. The Kier molecular flexibility index (Phi) is 3.12. The van der Waals surface area contributed by atoms with Gasteiger partial charge in [0.05, 0.1) is 18.3 Å². The molecule has 1 aromatic rings. The number of carbonyl (C=O) groups is 1. The van der Waals surface area contributed by atoms with Gasteiger partial charge in [0, 0.05) is 49.3 Å². The van der Waals surface area contributed by atoms with Gasteiger partial charge in [0.15, 0.2) is 11.5 Å².